The minimum absolute atomic E-state index is 0.143. The lowest BCUT2D eigenvalue weighted by Gasteiger charge is -2.24. The van der Waals surface area contributed by atoms with Crippen molar-refractivity contribution in [3.63, 3.8) is 0 Å². The van der Waals surface area contributed by atoms with Crippen LogP contribution in [0.1, 0.15) is 36.1 Å². The summed E-state index contributed by atoms with van der Waals surface area (Å²) in [4.78, 5) is 4.63. The summed E-state index contributed by atoms with van der Waals surface area (Å²) in [7, 11) is 0. The predicted molar refractivity (Wildman–Crippen MR) is 95.2 cm³/mol. The number of hydrogen-bond donors (Lipinski definition) is 0. The summed E-state index contributed by atoms with van der Waals surface area (Å²) in [6, 6.07) is 13.7. The molecule has 0 atom stereocenters. The molecule has 0 radical (unpaired) electrons. The van der Waals surface area contributed by atoms with Crippen molar-refractivity contribution in [1.82, 2.24) is 0 Å². The first-order chi connectivity index (χ1) is 11.0. The molecule has 1 nitrogen and oxygen atoms in total. The van der Waals surface area contributed by atoms with Crippen LogP contribution in [0.15, 0.2) is 65.3 Å². The van der Waals surface area contributed by atoms with Crippen molar-refractivity contribution in [3.05, 3.63) is 88.4 Å². The Labute approximate surface area is 136 Å². The number of aliphatic imine (C=N–C) groups is 1. The Bertz CT molecular complexity index is 856. The molecular formula is C21H20FN. The number of rotatable bonds is 2. The largest absolute Gasteiger partial charge is 0.253 e. The molecule has 0 saturated carbocycles. The van der Waals surface area contributed by atoms with Crippen molar-refractivity contribution in [2.45, 2.75) is 27.2 Å². The highest BCUT2D eigenvalue weighted by Crippen LogP contribution is 2.34. The maximum absolute atomic E-state index is 14.6. The lowest BCUT2D eigenvalue weighted by Crippen LogP contribution is -2.16. The molecule has 0 aromatic heterocycles. The summed E-state index contributed by atoms with van der Waals surface area (Å²) in [5.41, 5.74) is 7.31. The number of aryl methyl sites for hydroxylation is 1. The number of nitrogens with zero attached hydrogens (tertiary/aromatic N) is 1. The molecule has 3 rings (SSSR count). The second-order valence-electron chi connectivity index (χ2n) is 6.07. The van der Waals surface area contributed by atoms with Crippen molar-refractivity contribution < 1.29 is 4.39 Å². The van der Waals surface area contributed by atoms with E-state index in [1.165, 1.54) is 5.56 Å². The Kier molecular flexibility index (Phi) is 3.99. The molecule has 0 fully saturated rings. The molecule has 2 aromatic carbocycles. The molecule has 0 spiro atoms. The fraction of sp³-hybridized carbons (Fsp3) is 0.190. The van der Waals surface area contributed by atoms with Gasteiger partial charge in [0.2, 0.25) is 0 Å². The van der Waals surface area contributed by atoms with E-state index in [9.17, 15) is 4.39 Å². The van der Waals surface area contributed by atoms with Crippen LogP contribution in [0.25, 0.3) is 5.57 Å². The molecule has 0 unspecified atom stereocenters. The topological polar surface area (TPSA) is 12.4 Å². The Morgan fingerprint density at radius 1 is 1.04 bits per heavy atom. The van der Waals surface area contributed by atoms with Crippen molar-refractivity contribution in [2.75, 3.05) is 0 Å². The molecule has 0 heterocycles. The third kappa shape index (κ3) is 2.77. The van der Waals surface area contributed by atoms with Crippen LogP contribution in [-0.4, -0.2) is 5.71 Å². The monoisotopic (exact) mass is 305 g/mol. The molecular weight excluding hydrogens is 285 g/mol. The zero-order valence-electron chi connectivity index (χ0n) is 13.8. The van der Waals surface area contributed by atoms with E-state index in [2.05, 4.69) is 23.7 Å². The Morgan fingerprint density at radius 2 is 1.74 bits per heavy atom. The van der Waals surface area contributed by atoms with E-state index in [0.29, 0.717) is 11.1 Å². The maximum Gasteiger partial charge on any atom is 0.133 e. The van der Waals surface area contributed by atoms with Crippen LogP contribution in [-0.2, 0) is 6.42 Å². The fourth-order valence-corrected chi connectivity index (χ4v) is 3.09. The summed E-state index contributed by atoms with van der Waals surface area (Å²) in [6.07, 6.45) is 0.720. The van der Waals surface area contributed by atoms with E-state index >= 15 is 0 Å². The summed E-state index contributed by atoms with van der Waals surface area (Å²) in [6.45, 7) is 9.60. The van der Waals surface area contributed by atoms with Gasteiger partial charge in [0.05, 0.1) is 5.71 Å². The van der Waals surface area contributed by atoms with Crippen LogP contribution < -0.4 is 0 Å². The van der Waals surface area contributed by atoms with Gasteiger partial charge in [-0.2, -0.15) is 0 Å². The average molecular weight is 305 g/mol. The van der Waals surface area contributed by atoms with Crippen LogP contribution in [0.3, 0.4) is 0 Å². The van der Waals surface area contributed by atoms with Crippen LogP contribution in [0, 0.1) is 12.7 Å². The van der Waals surface area contributed by atoms with Gasteiger partial charge in [-0.1, -0.05) is 49.0 Å². The number of fused-ring (bicyclic) bond motifs is 1. The van der Waals surface area contributed by atoms with Crippen molar-refractivity contribution in [3.8, 4) is 0 Å². The van der Waals surface area contributed by atoms with Gasteiger partial charge in [0, 0.05) is 16.8 Å². The smallest absolute Gasteiger partial charge is 0.133 e. The van der Waals surface area contributed by atoms with Gasteiger partial charge in [0.15, 0.2) is 0 Å². The van der Waals surface area contributed by atoms with Crippen molar-refractivity contribution in [2.24, 2.45) is 4.99 Å². The second kappa shape index (κ2) is 5.96. The zero-order valence-corrected chi connectivity index (χ0v) is 13.8. The first-order valence-corrected chi connectivity index (χ1v) is 7.77. The minimum Gasteiger partial charge on any atom is -0.253 e. The Hall–Kier alpha value is -2.48. The average Bonchev–Trinajstić information content (AvgIpc) is 2.52. The quantitative estimate of drug-likeness (QED) is 0.696. The fourth-order valence-electron chi connectivity index (χ4n) is 3.09. The number of halogens is 1. The van der Waals surface area contributed by atoms with Gasteiger partial charge >= 0.3 is 0 Å². The van der Waals surface area contributed by atoms with Crippen molar-refractivity contribution in [1.29, 1.82) is 0 Å². The normalized spacial score (nSPS) is 15.7. The van der Waals surface area contributed by atoms with Gasteiger partial charge in [0.1, 0.15) is 5.82 Å². The molecule has 116 valence electrons. The molecule has 2 heteroatoms. The SMILES string of the molecule is C=C(C)/N=C1\C(C)=C(c2cccc(C)c2F)Cc2ccccc21. The molecule has 0 bridgehead atoms. The third-order valence-corrected chi connectivity index (χ3v) is 4.27. The second-order valence-corrected chi connectivity index (χ2v) is 6.07. The highest BCUT2D eigenvalue weighted by atomic mass is 19.1. The van der Waals surface area contributed by atoms with Crippen molar-refractivity contribution >= 4 is 11.3 Å². The summed E-state index contributed by atoms with van der Waals surface area (Å²) in [5.74, 6) is -0.143. The minimum atomic E-state index is -0.143. The molecule has 23 heavy (non-hydrogen) atoms. The molecule has 0 aliphatic heterocycles. The number of benzene rings is 2. The highest BCUT2D eigenvalue weighted by Gasteiger charge is 2.24. The Morgan fingerprint density at radius 3 is 2.48 bits per heavy atom. The van der Waals surface area contributed by atoms with E-state index in [-0.39, 0.29) is 5.82 Å². The van der Waals surface area contributed by atoms with E-state index < -0.39 is 0 Å². The van der Waals surface area contributed by atoms with E-state index in [0.717, 1.165) is 34.5 Å². The van der Waals surface area contributed by atoms with Gasteiger partial charge in [-0.15, -0.1) is 0 Å². The summed E-state index contributed by atoms with van der Waals surface area (Å²) in [5, 5.41) is 0. The lowest BCUT2D eigenvalue weighted by molar-refractivity contribution is 0.614. The van der Waals surface area contributed by atoms with Crippen LogP contribution >= 0.6 is 0 Å². The van der Waals surface area contributed by atoms with E-state index in [4.69, 9.17) is 0 Å². The van der Waals surface area contributed by atoms with Gasteiger partial charge in [-0.25, -0.2) is 4.39 Å². The predicted octanol–water partition coefficient (Wildman–Crippen LogP) is 5.49. The third-order valence-electron chi connectivity index (χ3n) is 4.27. The van der Waals surface area contributed by atoms with Gasteiger partial charge in [-0.3, -0.25) is 4.99 Å². The first kappa shape index (κ1) is 15.4. The first-order valence-electron chi connectivity index (χ1n) is 7.77. The maximum atomic E-state index is 14.6. The number of hydrogen-bond acceptors (Lipinski definition) is 1. The molecule has 2 aromatic rings. The van der Waals surface area contributed by atoms with Gasteiger partial charge < -0.3 is 0 Å². The van der Waals surface area contributed by atoms with Gasteiger partial charge in [-0.05, 0) is 49.5 Å². The highest BCUT2D eigenvalue weighted by molar-refractivity contribution is 6.19. The Balaban J connectivity index is 2.26. The summed E-state index contributed by atoms with van der Waals surface area (Å²) < 4.78 is 14.6. The van der Waals surface area contributed by atoms with E-state index in [1.54, 1.807) is 13.0 Å². The van der Waals surface area contributed by atoms with Gasteiger partial charge in [0.25, 0.3) is 0 Å². The van der Waals surface area contributed by atoms with E-state index in [1.807, 2.05) is 38.1 Å². The van der Waals surface area contributed by atoms with Crippen LogP contribution in [0.4, 0.5) is 4.39 Å². The molecule has 0 N–H and O–H groups in total. The standard InChI is InChI=1S/C21H20FN/c1-13(2)23-21-15(4)19(12-16-9-5-6-10-17(16)21)18-11-7-8-14(3)20(18)22/h5-11H,1,12H2,2-4H3/b23-21+. The van der Waals surface area contributed by atoms with Crippen LogP contribution in [0.2, 0.25) is 0 Å². The molecule has 0 amide bonds. The molecule has 1 aliphatic rings. The molecule has 1 aliphatic carbocycles. The lowest BCUT2D eigenvalue weighted by atomic mass is 9.81. The zero-order chi connectivity index (χ0) is 16.6. The van der Waals surface area contributed by atoms with Crippen LogP contribution in [0.5, 0.6) is 0 Å². The summed E-state index contributed by atoms with van der Waals surface area (Å²) >= 11 is 0. The number of allylic oxidation sites excluding steroid dienone is 3. The molecule has 0 saturated heterocycles.